The third-order valence-electron chi connectivity index (χ3n) is 3.94. The van der Waals surface area contributed by atoms with Crippen molar-refractivity contribution in [2.24, 2.45) is 11.3 Å². The Labute approximate surface area is 137 Å². The fraction of sp³-hybridized carbons (Fsp3) is 0.944. The zero-order valence-electron chi connectivity index (χ0n) is 15.5. The SMILES string of the molecule is CC(C)(C)CNC(=O)CC1CCN(CCOC(C)(C)C)CC1. The van der Waals surface area contributed by atoms with Crippen molar-refractivity contribution in [2.45, 2.75) is 66.4 Å². The summed E-state index contributed by atoms with van der Waals surface area (Å²) >= 11 is 0. The highest BCUT2D eigenvalue weighted by molar-refractivity contribution is 5.76. The van der Waals surface area contributed by atoms with Crippen LogP contribution in [0.3, 0.4) is 0 Å². The maximum absolute atomic E-state index is 12.0. The van der Waals surface area contributed by atoms with Crippen molar-refractivity contribution in [1.29, 1.82) is 0 Å². The van der Waals surface area contributed by atoms with Crippen LogP contribution in [-0.4, -0.2) is 49.2 Å². The fourth-order valence-corrected chi connectivity index (χ4v) is 2.59. The lowest BCUT2D eigenvalue weighted by Gasteiger charge is -2.32. The van der Waals surface area contributed by atoms with Gasteiger partial charge in [-0.3, -0.25) is 4.79 Å². The lowest BCUT2D eigenvalue weighted by Crippen LogP contribution is -2.39. The van der Waals surface area contributed by atoms with E-state index in [-0.39, 0.29) is 16.9 Å². The van der Waals surface area contributed by atoms with Gasteiger partial charge in [0.05, 0.1) is 12.2 Å². The molecule has 4 heteroatoms. The number of hydrogen-bond donors (Lipinski definition) is 1. The first-order valence-electron chi connectivity index (χ1n) is 8.68. The zero-order valence-corrected chi connectivity index (χ0v) is 15.5. The molecule has 0 aromatic carbocycles. The molecule has 0 aromatic rings. The number of piperidine rings is 1. The van der Waals surface area contributed by atoms with E-state index in [2.05, 4.69) is 51.8 Å². The molecule has 4 nitrogen and oxygen atoms in total. The van der Waals surface area contributed by atoms with Crippen molar-refractivity contribution >= 4 is 5.91 Å². The predicted molar refractivity (Wildman–Crippen MR) is 92.0 cm³/mol. The van der Waals surface area contributed by atoms with E-state index in [1.807, 2.05) is 0 Å². The maximum Gasteiger partial charge on any atom is 0.220 e. The minimum absolute atomic E-state index is 0.0521. The van der Waals surface area contributed by atoms with Crippen LogP contribution in [0.1, 0.15) is 60.8 Å². The third-order valence-corrected chi connectivity index (χ3v) is 3.94. The normalized spacial score (nSPS) is 18.5. The Morgan fingerprint density at radius 1 is 1.14 bits per heavy atom. The van der Waals surface area contributed by atoms with E-state index >= 15 is 0 Å². The van der Waals surface area contributed by atoms with Crippen LogP contribution in [0.5, 0.6) is 0 Å². The van der Waals surface area contributed by atoms with Crippen molar-refractivity contribution in [3.63, 3.8) is 0 Å². The molecule has 0 atom stereocenters. The standard InChI is InChI=1S/C18H36N2O2/c1-17(2,3)14-19-16(21)13-15-7-9-20(10-8-15)11-12-22-18(4,5)6/h15H,7-14H2,1-6H3,(H,19,21). The molecule has 0 bridgehead atoms. The van der Waals surface area contributed by atoms with E-state index in [1.54, 1.807) is 0 Å². The van der Waals surface area contributed by atoms with Crippen LogP contribution in [0.2, 0.25) is 0 Å². The summed E-state index contributed by atoms with van der Waals surface area (Å²) in [5.74, 6) is 0.754. The van der Waals surface area contributed by atoms with E-state index in [0.29, 0.717) is 12.3 Å². The molecule has 0 spiro atoms. The minimum Gasteiger partial charge on any atom is -0.375 e. The average Bonchev–Trinajstić information content (AvgIpc) is 2.36. The van der Waals surface area contributed by atoms with E-state index in [0.717, 1.165) is 45.6 Å². The molecule has 1 fully saturated rings. The molecule has 1 aliphatic rings. The van der Waals surface area contributed by atoms with E-state index < -0.39 is 0 Å². The largest absolute Gasteiger partial charge is 0.375 e. The molecule has 1 aliphatic heterocycles. The summed E-state index contributed by atoms with van der Waals surface area (Å²) < 4.78 is 5.78. The minimum atomic E-state index is -0.0521. The molecule has 1 amide bonds. The molecule has 0 saturated carbocycles. The van der Waals surface area contributed by atoms with Gasteiger partial charge in [0.25, 0.3) is 0 Å². The molecule has 0 aliphatic carbocycles. The van der Waals surface area contributed by atoms with Gasteiger partial charge in [0.1, 0.15) is 0 Å². The number of ether oxygens (including phenoxy) is 1. The second-order valence-corrected chi connectivity index (χ2v) is 8.79. The fourth-order valence-electron chi connectivity index (χ4n) is 2.59. The second-order valence-electron chi connectivity index (χ2n) is 8.79. The number of amides is 1. The molecule has 1 heterocycles. The van der Waals surface area contributed by atoms with Crippen LogP contribution in [-0.2, 0) is 9.53 Å². The number of rotatable bonds is 6. The van der Waals surface area contributed by atoms with Gasteiger partial charge < -0.3 is 15.0 Å². The summed E-state index contributed by atoms with van der Waals surface area (Å²) in [5, 5.41) is 3.06. The third kappa shape index (κ3) is 9.42. The summed E-state index contributed by atoms with van der Waals surface area (Å²) in [6.07, 6.45) is 2.93. The van der Waals surface area contributed by atoms with Crippen molar-refractivity contribution < 1.29 is 9.53 Å². The van der Waals surface area contributed by atoms with Crippen molar-refractivity contribution in [3.8, 4) is 0 Å². The number of likely N-dealkylation sites (tertiary alicyclic amines) is 1. The predicted octanol–water partition coefficient (Wildman–Crippen LogP) is 3.07. The van der Waals surface area contributed by atoms with E-state index in [4.69, 9.17) is 4.74 Å². The Hall–Kier alpha value is -0.610. The Bertz CT molecular complexity index is 334. The van der Waals surface area contributed by atoms with Gasteiger partial charge in [-0.15, -0.1) is 0 Å². The van der Waals surface area contributed by atoms with Gasteiger partial charge >= 0.3 is 0 Å². The molecular formula is C18H36N2O2. The number of carbonyl (C=O) groups is 1. The van der Waals surface area contributed by atoms with Crippen LogP contribution < -0.4 is 5.32 Å². The van der Waals surface area contributed by atoms with Crippen LogP contribution in [0.4, 0.5) is 0 Å². The Kier molecular flexibility index (Phi) is 7.33. The molecule has 1 saturated heterocycles. The number of nitrogens with one attached hydrogen (secondary N) is 1. The topological polar surface area (TPSA) is 41.6 Å². The van der Waals surface area contributed by atoms with Crippen LogP contribution in [0.25, 0.3) is 0 Å². The number of hydrogen-bond acceptors (Lipinski definition) is 3. The lowest BCUT2D eigenvalue weighted by molar-refractivity contribution is -0.122. The molecule has 22 heavy (non-hydrogen) atoms. The van der Waals surface area contributed by atoms with Gasteiger partial charge in [-0.05, 0) is 58.0 Å². The summed E-state index contributed by atoms with van der Waals surface area (Å²) in [7, 11) is 0. The quantitative estimate of drug-likeness (QED) is 0.819. The smallest absolute Gasteiger partial charge is 0.220 e. The molecule has 0 unspecified atom stereocenters. The highest BCUT2D eigenvalue weighted by atomic mass is 16.5. The monoisotopic (exact) mass is 312 g/mol. The van der Waals surface area contributed by atoms with Crippen LogP contribution in [0, 0.1) is 11.3 Å². The highest BCUT2D eigenvalue weighted by Gasteiger charge is 2.22. The first-order chi connectivity index (χ1) is 10.1. The maximum atomic E-state index is 12.0. The highest BCUT2D eigenvalue weighted by Crippen LogP contribution is 2.21. The van der Waals surface area contributed by atoms with Crippen LogP contribution in [0.15, 0.2) is 0 Å². The summed E-state index contributed by atoms with van der Waals surface area (Å²) in [5.41, 5.74) is 0.107. The number of nitrogens with zero attached hydrogens (tertiary/aromatic N) is 1. The Morgan fingerprint density at radius 3 is 2.23 bits per heavy atom. The van der Waals surface area contributed by atoms with Crippen LogP contribution >= 0.6 is 0 Å². The van der Waals surface area contributed by atoms with Crippen molar-refractivity contribution in [3.05, 3.63) is 0 Å². The number of carbonyl (C=O) groups excluding carboxylic acids is 1. The van der Waals surface area contributed by atoms with Gasteiger partial charge in [-0.1, -0.05) is 20.8 Å². The van der Waals surface area contributed by atoms with Crippen molar-refractivity contribution in [2.75, 3.05) is 32.8 Å². The summed E-state index contributed by atoms with van der Waals surface area (Å²) in [6.45, 7) is 17.4. The lowest BCUT2D eigenvalue weighted by atomic mass is 9.92. The Morgan fingerprint density at radius 2 is 1.73 bits per heavy atom. The van der Waals surface area contributed by atoms with Gasteiger partial charge in [0.15, 0.2) is 0 Å². The summed E-state index contributed by atoms with van der Waals surface area (Å²) in [6, 6.07) is 0. The zero-order chi connectivity index (χ0) is 16.8. The molecule has 0 radical (unpaired) electrons. The average molecular weight is 312 g/mol. The van der Waals surface area contributed by atoms with E-state index in [9.17, 15) is 4.79 Å². The molecular weight excluding hydrogens is 276 g/mol. The Balaban J connectivity index is 2.16. The van der Waals surface area contributed by atoms with Gasteiger partial charge in [-0.2, -0.15) is 0 Å². The van der Waals surface area contributed by atoms with Crippen molar-refractivity contribution in [1.82, 2.24) is 10.2 Å². The molecule has 1 N–H and O–H groups in total. The van der Waals surface area contributed by atoms with Gasteiger partial charge in [0, 0.05) is 19.5 Å². The van der Waals surface area contributed by atoms with Gasteiger partial charge in [-0.25, -0.2) is 0 Å². The first-order valence-corrected chi connectivity index (χ1v) is 8.68. The van der Waals surface area contributed by atoms with Gasteiger partial charge in [0.2, 0.25) is 5.91 Å². The first kappa shape index (κ1) is 19.4. The molecule has 130 valence electrons. The molecule has 1 rings (SSSR count). The second kappa shape index (κ2) is 8.30. The molecule has 0 aromatic heterocycles. The van der Waals surface area contributed by atoms with E-state index in [1.165, 1.54) is 0 Å². The summed E-state index contributed by atoms with van der Waals surface area (Å²) in [4.78, 5) is 14.4.